The van der Waals surface area contributed by atoms with Crippen LogP contribution in [0.2, 0.25) is 5.15 Å². The third kappa shape index (κ3) is 1.83. The SMILES string of the molecule is COC(=O)c1c(C#N)cc(C)nc1Cl. The van der Waals surface area contributed by atoms with Gasteiger partial charge in [0.2, 0.25) is 0 Å². The molecule has 4 nitrogen and oxygen atoms in total. The molecule has 1 aromatic rings. The predicted molar refractivity (Wildman–Crippen MR) is 50.0 cm³/mol. The van der Waals surface area contributed by atoms with Gasteiger partial charge in [0.25, 0.3) is 0 Å². The highest BCUT2D eigenvalue weighted by Crippen LogP contribution is 2.19. The van der Waals surface area contributed by atoms with Crippen LogP contribution >= 0.6 is 11.6 Å². The van der Waals surface area contributed by atoms with Crippen molar-refractivity contribution >= 4 is 17.6 Å². The summed E-state index contributed by atoms with van der Waals surface area (Å²) in [5, 5.41) is 8.76. The smallest absolute Gasteiger partial charge is 0.342 e. The third-order valence-corrected chi connectivity index (χ3v) is 1.89. The fourth-order valence-electron chi connectivity index (χ4n) is 1.02. The number of carbonyl (C=O) groups is 1. The summed E-state index contributed by atoms with van der Waals surface area (Å²) in [5.74, 6) is -0.654. The van der Waals surface area contributed by atoms with Gasteiger partial charge in [-0.25, -0.2) is 9.78 Å². The molecule has 0 spiro atoms. The molecule has 14 heavy (non-hydrogen) atoms. The molecule has 0 saturated carbocycles. The lowest BCUT2D eigenvalue weighted by Crippen LogP contribution is -2.07. The van der Waals surface area contributed by atoms with Crippen LogP contribution in [-0.2, 0) is 4.74 Å². The van der Waals surface area contributed by atoms with Gasteiger partial charge in [-0.05, 0) is 13.0 Å². The molecule has 0 amide bonds. The molecule has 0 aromatic carbocycles. The topological polar surface area (TPSA) is 63.0 Å². The van der Waals surface area contributed by atoms with Crippen LogP contribution in [0, 0.1) is 18.3 Å². The number of esters is 1. The highest BCUT2D eigenvalue weighted by atomic mass is 35.5. The van der Waals surface area contributed by atoms with E-state index in [2.05, 4.69) is 9.72 Å². The standard InChI is InChI=1S/C9H7ClN2O2/c1-5-3-6(4-11)7(8(10)12-5)9(13)14-2/h3H,1-2H3. The number of methoxy groups -OCH3 is 1. The lowest BCUT2D eigenvalue weighted by molar-refractivity contribution is 0.0600. The van der Waals surface area contributed by atoms with Gasteiger partial charge in [-0.15, -0.1) is 0 Å². The molecule has 0 aliphatic rings. The summed E-state index contributed by atoms with van der Waals surface area (Å²) in [6, 6.07) is 3.35. The number of hydrogen-bond donors (Lipinski definition) is 0. The molecule has 0 unspecified atom stereocenters. The highest BCUT2D eigenvalue weighted by Gasteiger charge is 2.17. The van der Waals surface area contributed by atoms with E-state index < -0.39 is 5.97 Å². The Hall–Kier alpha value is -1.60. The van der Waals surface area contributed by atoms with Crippen LogP contribution in [-0.4, -0.2) is 18.1 Å². The van der Waals surface area contributed by atoms with E-state index in [1.165, 1.54) is 13.2 Å². The summed E-state index contributed by atoms with van der Waals surface area (Å²) in [6.45, 7) is 1.69. The molecule has 72 valence electrons. The molecule has 1 heterocycles. The molecule has 0 saturated heterocycles. The Balaban J connectivity index is 3.42. The van der Waals surface area contributed by atoms with Gasteiger partial charge in [-0.1, -0.05) is 11.6 Å². The van der Waals surface area contributed by atoms with E-state index in [4.69, 9.17) is 16.9 Å². The zero-order valence-corrected chi connectivity index (χ0v) is 8.42. The highest BCUT2D eigenvalue weighted by molar-refractivity contribution is 6.32. The van der Waals surface area contributed by atoms with E-state index in [-0.39, 0.29) is 16.3 Å². The summed E-state index contributed by atoms with van der Waals surface area (Å²) in [7, 11) is 1.22. The number of nitrogens with zero attached hydrogens (tertiary/aromatic N) is 2. The molecular formula is C9H7ClN2O2. The minimum absolute atomic E-state index is 0.00611. The van der Waals surface area contributed by atoms with E-state index in [9.17, 15) is 4.79 Å². The van der Waals surface area contributed by atoms with E-state index >= 15 is 0 Å². The van der Waals surface area contributed by atoms with E-state index in [0.29, 0.717) is 5.69 Å². The normalized spacial score (nSPS) is 9.29. The summed E-state index contributed by atoms with van der Waals surface area (Å²) < 4.78 is 4.48. The van der Waals surface area contributed by atoms with Crippen molar-refractivity contribution in [2.24, 2.45) is 0 Å². The largest absolute Gasteiger partial charge is 0.465 e. The quantitative estimate of drug-likeness (QED) is 0.523. The van der Waals surface area contributed by atoms with Crippen molar-refractivity contribution in [1.29, 1.82) is 5.26 Å². The Kier molecular flexibility index (Phi) is 3.05. The molecule has 1 aromatic heterocycles. The van der Waals surface area contributed by atoms with Crippen LogP contribution in [0.5, 0.6) is 0 Å². The summed E-state index contributed by atoms with van der Waals surface area (Å²) >= 11 is 5.72. The van der Waals surface area contributed by atoms with Gasteiger partial charge in [0.15, 0.2) is 0 Å². The van der Waals surface area contributed by atoms with Crippen LogP contribution in [0.3, 0.4) is 0 Å². The number of aromatic nitrogens is 1. The number of pyridine rings is 1. The average molecular weight is 211 g/mol. The maximum atomic E-state index is 11.2. The summed E-state index contributed by atoms with van der Waals surface area (Å²) in [4.78, 5) is 15.1. The van der Waals surface area contributed by atoms with Crippen molar-refractivity contribution < 1.29 is 9.53 Å². The molecule has 1 rings (SSSR count). The van der Waals surface area contributed by atoms with E-state index in [1.54, 1.807) is 6.92 Å². The molecule has 0 atom stereocenters. The second-order valence-electron chi connectivity index (χ2n) is 2.58. The van der Waals surface area contributed by atoms with Crippen molar-refractivity contribution in [1.82, 2.24) is 4.98 Å². The van der Waals surface area contributed by atoms with Crippen LogP contribution < -0.4 is 0 Å². The van der Waals surface area contributed by atoms with Crippen LogP contribution in [0.25, 0.3) is 0 Å². The Labute approximate surface area is 86.1 Å². The van der Waals surface area contributed by atoms with Gasteiger partial charge >= 0.3 is 5.97 Å². The number of aryl methyl sites for hydroxylation is 1. The molecule has 5 heteroatoms. The van der Waals surface area contributed by atoms with Crippen LogP contribution in [0.1, 0.15) is 21.6 Å². The van der Waals surface area contributed by atoms with Crippen LogP contribution in [0.15, 0.2) is 6.07 Å². The van der Waals surface area contributed by atoms with Crippen molar-refractivity contribution in [2.45, 2.75) is 6.92 Å². The van der Waals surface area contributed by atoms with Gasteiger partial charge in [-0.2, -0.15) is 5.26 Å². The molecular weight excluding hydrogens is 204 g/mol. The molecule has 0 bridgehead atoms. The number of rotatable bonds is 1. The van der Waals surface area contributed by atoms with Crippen molar-refractivity contribution in [3.05, 3.63) is 28.0 Å². The first-order valence-corrected chi connectivity index (χ1v) is 4.13. The Morgan fingerprint density at radius 3 is 2.86 bits per heavy atom. The number of halogens is 1. The second-order valence-corrected chi connectivity index (χ2v) is 2.94. The minimum Gasteiger partial charge on any atom is -0.465 e. The maximum Gasteiger partial charge on any atom is 0.342 e. The van der Waals surface area contributed by atoms with E-state index in [0.717, 1.165) is 0 Å². The summed E-state index contributed by atoms with van der Waals surface area (Å²) in [5.41, 5.74) is 0.774. The average Bonchev–Trinajstić information content (AvgIpc) is 2.15. The lowest BCUT2D eigenvalue weighted by Gasteiger charge is -2.04. The Bertz CT molecular complexity index is 424. The fourth-order valence-corrected chi connectivity index (χ4v) is 1.33. The van der Waals surface area contributed by atoms with Crippen molar-refractivity contribution in [3.63, 3.8) is 0 Å². The predicted octanol–water partition coefficient (Wildman–Crippen LogP) is 1.70. The first kappa shape index (κ1) is 10.5. The molecule has 0 aliphatic carbocycles. The zero-order valence-electron chi connectivity index (χ0n) is 7.67. The second kappa shape index (κ2) is 4.07. The van der Waals surface area contributed by atoms with Gasteiger partial charge < -0.3 is 4.74 Å². The van der Waals surface area contributed by atoms with Crippen molar-refractivity contribution in [3.8, 4) is 6.07 Å². The third-order valence-electron chi connectivity index (χ3n) is 1.61. The van der Waals surface area contributed by atoms with Gasteiger partial charge in [-0.3, -0.25) is 0 Å². The first-order valence-electron chi connectivity index (χ1n) is 3.75. The number of hydrogen-bond acceptors (Lipinski definition) is 4. The van der Waals surface area contributed by atoms with Crippen LogP contribution in [0.4, 0.5) is 0 Å². The summed E-state index contributed by atoms with van der Waals surface area (Å²) in [6.07, 6.45) is 0. The van der Waals surface area contributed by atoms with Gasteiger partial charge in [0, 0.05) is 5.69 Å². The van der Waals surface area contributed by atoms with E-state index in [1.807, 2.05) is 6.07 Å². The molecule has 0 fully saturated rings. The molecule has 0 N–H and O–H groups in total. The lowest BCUT2D eigenvalue weighted by atomic mass is 10.1. The van der Waals surface area contributed by atoms with Crippen molar-refractivity contribution in [2.75, 3.05) is 7.11 Å². The maximum absolute atomic E-state index is 11.2. The Morgan fingerprint density at radius 2 is 2.36 bits per heavy atom. The molecule has 0 aliphatic heterocycles. The fraction of sp³-hybridized carbons (Fsp3) is 0.222. The zero-order chi connectivity index (χ0) is 10.7. The number of ether oxygens (including phenoxy) is 1. The number of nitriles is 1. The minimum atomic E-state index is -0.654. The van der Waals surface area contributed by atoms with Gasteiger partial charge in [0.05, 0.1) is 12.7 Å². The Morgan fingerprint density at radius 1 is 1.71 bits per heavy atom. The monoisotopic (exact) mass is 210 g/mol. The number of carbonyl (C=O) groups excluding carboxylic acids is 1. The van der Waals surface area contributed by atoms with Gasteiger partial charge in [0.1, 0.15) is 16.8 Å². The first-order chi connectivity index (χ1) is 6.60. The molecule has 0 radical (unpaired) electrons.